The van der Waals surface area contributed by atoms with Gasteiger partial charge in [-0.2, -0.15) is 0 Å². The first-order chi connectivity index (χ1) is 6.57. The molecule has 1 aromatic rings. The molecule has 1 unspecified atom stereocenters. The normalized spacial score (nSPS) is 12.1. The number of halogens is 2. The van der Waals surface area contributed by atoms with Gasteiger partial charge in [-0.3, -0.25) is 4.79 Å². The van der Waals surface area contributed by atoms with Gasteiger partial charge in [0, 0.05) is 5.56 Å². The molecule has 1 rings (SSSR count). The van der Waals surface area contributed by atoms with Gasteiger partial charge in [0.2, 0.25) is 0 Å². The summed E-state index contributed by atoms with van der Waals surface area (Å²) in [4.78, 5) is 21.0. The molecular weight excluding hydrogens is 255 g/mol. The van der Waals surface area contributed by atoms with Gasteiger partial charge in [-0.05, 0) is 22.0 Å². The molecule has 1 aromatic carbocycles. The van der Waals surface area contributed by atoms with E-state index in [0.717, 1.165) is 0 Å². The van der Waals surface area contributed by atoms with Gasteiger partial charge in [0.1, 0.15) is 5.82 Å². The van der Waals surface area contributed by atoms with E-state index in [1.807, 2.05) is 0 Å². The average molecular weight is 261 g/mol. The maximum Gasteiger partial charge on any atom is 0.250 e. The summed E-state index contributed by atoms with van der Waals surface area (Å²) in [5.41, 5.74) is 4.76. The van der Waals surface area contributed by atoms with Crippen molar-refractivity contribution in [2.45, 2.75) is 6.04 Å². The van der Waals surface area contributed by atoms with Crippen molar-refractivity contribution in [1.82, 2.24) is 0 Å². The monoisotopic (exact) mass is 260 g/mol. The maximum atomic E-state index is 13.3. The number of primary amides is 1. The van der Waals surface area contributed by atoms with Crippen LogP contribution in [0.25, 0.3) is 0 Å². The fourth-order valence-electron chi connectivity index (χ4n) is 0.994. The second kappa shape index (κ2) is 4.28. The molecule has 0 bridgehead atoms. The highest BCUT2D eigenvalue weighted by Crippen LogP contribution is 2.25. The van der Waals surface area contributed by atoms with Crippen molar-refractivity contribution >= 4 is 21.8 Å². The summed E-state index contributed by atoms with van der Waals surface area (Å²) < 4.78 is 13.5. The first-order valence-electron chi connectivity index (χ1n) is 3.63. The highest BCUT2D eigenvalue weighted by atomic mass is 79.9. The van der Waals surface area contributed by atoms with Crippen LogP contribution in [0.3, 0.4) is 0 Å². The van der Waals surface area contributed by atoms with Crippen LogP contribution in [0.15, 0.2) is 27.8 Å². The molecule has 0 aliphatic heterocycles. The summed E-state index contributed by atoms with van der Waals surface area (Å²) in [7, 11) is 0. The molecule has 0 heterocycles. The van der Waals surface area contributed by atoms with E-state index in [1.165, 1.54) is 18.2 Å². The van der Waals surface area contributed by atoms with Crippen molar-refractivity contribution in [1.29, 1.82) is 0 Å². The number of carbonyl (C=O) groups excluding carboxylic acids is 1. The molecular formula is C8H6BrFN2O2. The third-order valence-corrected chi connectivity index (χ3v) is 2.26. The molecule has 0 spiro atoms. The topological polar surface area (TPSA) is 72.5 Å². The van der Waals surface area contributed by atoms with E-state index in [0.29, 0.717) is 0 Å². The fourth-order valence-corrected chi connectivity index (χ4v) is 1.38. The summed E-state index contributed by atoms with van der Waals surface area (Å²) in [6, 6.07) is 2.75. The minimum absolute atomic E-state index is 0.123. The zero-order valence-electron chi connectivity index (χ0n) is 6.91. The first kappa shape index (κ1) is 10.8. The predicted molar refractivity (Wildman–Crippen MR) is 51.8 cm³/mol. The zero-order valence-corrected chi connectivity index (χ0v) is 8.49. The summed E-state index contributed by atoms with van der Waals surface area (Å²) in [6.45, 7) is 0. The number of nitrogens with two attached hydrogens (primary N) is 1. The van der Waals surface area contributed by atoms with E-state index in [-0.39, 0.29) is 10.0 Å². The molecule has 74 valence electrons. The Morgan fingerprint density at radius 1 is 1.57 bits per heavy atom. The van der Waals surface area contributed by atoms with Gasteiger partial charge in [0.05, 0.1) is 4.47 Å². The molecule has 0 aliphatic carbocycles. The molecule has 1 atom stereocenters. The number of hydrogen-bond acceptors (Lipinski definition) is 3. The Labute approximate surface area is 87.4 Å². The van der Waals surface area contributed by atoms with Crippen LogP contribution in [0.2, 0.25) is 0 Å². The number of benzene rings is 1. The summed E-state index contributed by atoms with van der Waals surface area (Å²) in [6.07, 6.45) is 0. The summed E-state index contributed by atoms with van der Waals surface area (Å²) in [5.74, 6) is -1.67. The lowest BCUT2D eigenvalue weighted by Gasteiger charge is -2.06. The Bertz CT molecular complexity index is 384. The number of carbonyl (C=O) groups is 1. The predicted octanol–water partition coefficient (Wildman–Crippen LogP) is 1.88. The van der Waals surface area contributed by atoms with Crippen molar-refractivity contribution in [2.24, 2.45) is 10.9 Å². The second-order valence-corrected chi connectivity index (χ2v) is 3.41. The molecule has 0 aromatic heterocycles. The van der Waals surface area contributed by atoms with E-state index in [1.54, 1.807) is 0 Å². The molecule has 1 amide bonds. The number of nitrogens with zero attached hydrogens (tertiary/aromatic N) is 1. The molecule has 0 radical (unpaired) electrons. The van der Waals surface area contributed by atoms with Gasteiger partial charge in [-0.15, -0.1) is 4.91 Å². The van der Waals surface area contributed by atoms with Crippen LogP contribution in [-0.4, -0.2) is 5.91 Å². The van der Waals surface area contributed by atoms with Crippen LogP contribution in [0.1, 0.15) is 11.6 Å². The lowest BCUT2D eigenvalue weighted by Crippen LogP contribution is -2.20. The molecule has 2 N–H and O–H groups in total. The minimum Gasteiger partial charge on any atom is -0.367 e. The van der Waals surface area contributed by atoms with Gasteiger partial charge in [0.15, 0.2) is 6.04 Å². The quantitative estimate of drug-likeness (QED) is 0.843. The number of hydrogen-bond donors (Lipinski definition) is 1. The van der Waals surface area contributed by atoms with Gasteiger partial charge in [-0.1, -0.05) is 17.3 Å². The number of rotatable bonds is 3. The van der Waals surface area contributed by atoms with E-state index in [9.17, 15) is 14.1 Å². The standard InChI is InChI=1S/C8H6BrFN2O2/c9-5-3-1-2-4(6(5)10)7(12-14)8(11)13/h1-3,7H,(H2,11,13). The van der Waals surface area contributed by atoms with Crippen LogP contribution >= 0.6 is 15.9 Å². The van der Waals surface area contributed by atoms with Gasteiger partial charge in [0.25, 0.3) is 5.91 Å². The second-order valence-electron chi connectivity index (χ2n) is 2.55. The van der Waals surface area contributed by atoms with E-state index >= 15 is 0 Å². The van der Waals surface area contributed by atoms with Crippen molar-refractivity contribution in [3.05, 3.63) is 39.0 Å². The highest BCUT2D eigenvalue weighted by Gasteiger charge is 2.22. The number of nitroso groups, excluding NO2 is 1. The van der Waals surface area contributed by atoms with Crippen LogP contribution in [-0.2, 0) is 4.79 Å². The SMILES string of the molecule is NC(=O)C(N=O)c1cccc(Br)c1F. The number of amides is 1. The lowest BCUT2D eigenvalue weighted by atomic mass is 10.1. The van der Waals surface area contributed by atoms with Gasteiger partial charge < -0.3 is 5.73 Å². The Morgan fingerprint density at radius 2 is 2.21 bits per heavy atom. The van der Waals surface area contributed by atoms with Gasteiger partial charge in [-0.25, -0.2) is 4.39 Å². The van der Waals surface area contributed by atoms with Crippen LogP contribution in [0.5, 0.6) is 0 Å². The third kappa shape index (κ3) is 1.95. The zero-order chi connectivity index (χ0) is 10.7. The average Bonchev–Trinajstić information content (AvgIpc) is 2.13. The molecule has 6 heteroatoms. The van der Waals surface area contributed by atoms with E-state index in [2.05, 4.69) is 21.1 Å². The summed E-state index contributed by atoms with van der Waals surface area (Å²) in [5, 5.41) is 2.47. The molecule has 14 heavy (non-hydrogen) atoms. The highest BCUT2D eigenvalue weighted by molar-refractivity contribution is 9.10. The van der Waals surface area contributed by atoms with Gasteiger partial charge >= 0.3 is 0 Å². The van der Waals surface area contributed by atoms with Crippen molar-refractivity contribution < 1.29 is 9.18 Å². The van der Waals surface area contributed by atoms with E-state index in [4.69, 9.17) is 5.73 Å². The Morgan fingerprint density at radius 3 is 2.71 bits per heavy atom. The van der Waals surface area contributed by atoms with Crippen molar-refractivity contribution in [2.75, 3.05) is 0 Å². The van der Waals surface area contributed by atoms with Crippen LogP contribution in [0.4, 0.5) is 4.39 Å². The molecule has 0 saturated heterocycles. The maximum absolute atomic E-state index is 13.3. The largest absolute Gasteiger partial charge is 0.367 e. The van der Waals surface area contributed by atoms with Crippen molar-refractivity contribution in [3.63, 3.8) is 0 Å². The lowest BCUT2D eigenvalue weighted by molar-refractivity contribution is -0.119. The van der Waals surface area contributed by atoms with E-state index < -0.39 is 17.8 Å². The fraction of sp³-hybridized carbons (Fsp3) is 0.125. The molecule has 0 saturated carbocycles. The summed E-state index contributed by atoms with van der Waals surface area (Å²) >= 11 is 2.92. The first-order valence-corrected chi connectivity index (χ1v) is 4.43. The molecule has 0 fully saturated rings. The smallest absolute Gasteiger partial charge is 0.250 e. The Balaban J connectivity index is 3.23. The van der Waals surface area contributed by atoms with Crippen molar-refractivity contribution in [3.8, 4) is 0 Å². The molecule has 4 nitrogen and oxygen atoms in total. The van der Waals surface area contributed by atoms with Crippen LogP contribution < -0.4 is 5.73 Å². The third-order valence-electron chi connectivity index (χ3n) is 1.65. The Hall–Kier alpha value is -1.30. The van der Waals surface area contributed by atoms with Crippen LogP contribution in [0, 0.1) is 10.7 Å². The molecule has 0 aliphatic rings. The minimum atomic E-state index is -1.48. The Kier molecular flexibility index (Phi) is 3.29.